The van der Waals surface area contributed by atoms with Crippen LogP contribution in [0.2, 0.25) is 0 Å². The maximum atomic E-state index is 12.6. The maximum Gasteiger partial charge on any atom is 0.223 e. The number of para-hydroxylation sites is 1. The number of aromatic nitrogens is 2. The summed E-state index contributed by atoms with van der Waals surface area (Å²) < 4.78 is 10.8. The van der Waals surface area contributed by atoms with Crippen LogP contribution in [0.1, 0.15) is 12.0 Å². The van der Waals surface area contributed by atoms with Gasteiger partial charge >= 0.3 is 0 Å². The highest BCUT2D eigenvalue weighted by Gasteiger charge is 2.22. The Morgan fingerprint density at radius 3 is 2.58 bits per heavy atom. The van der Waals surface area contributed by atoms with E-state index in [0.717, 1.165) is 24.5 Å². The van der Waals surface area contributed by atoms with Crippen LogP contribution in [0.25, 0.3) is 0 Å². The van der Waals surface area contributed by atoms with Crippen LogP contribution in [0.5, 0.6) is 11.5 Å². The molecule has 1 fully saturated rings. The van der Waals surface area contributed by atoms with Gasteiger partial charge in [0.2, 0.25) is 5.91 Å². The number of ether oxygens (including phenoxy) is 2. The number of hydrogen-bond donors (Lipinski definition) is 0. The third-order valence-corrected chi connectivity index (χ3v) is 4.60. The first-order valence-electron chi connectivity index (χ1n) is 8.71. The molecule has 1 aliphatic heterocycles. The lowest BCUT2D eigenvalue weighted by Crippen LogP contribution is -2.49. The molecular weight excluding hydrogens is 332 g/mol. The Morgan fingerprint density at radius 1 is 1.12 bits per heavy atom. The summed E-state index contributed by atoms with van der Waals surface area (Å²) in [6.45, 7) is 2.94. The largest absolute Gasteiger partial charge is 0.493 e. The van der Waals surface area contributed by atoms with E-state index >= 15 is 0 Å². The van der Waals surface area contributed by atoms with Crippen molar-refractivity contribution in [1.82, 2.24) is 14.9 Å². The molecule has 0 saturated carbocycles. The highest BCUT2D eigenvalue weighted by Crippen LogP contribution is 2.31. The molecule has 1 aliphatic rings. The fourth-order valence-corrected chi connectivity index (χ4v) is 3.19. The molecule has 2 heterocycles. The quantitative estimate of drug-likeness (QED) is 0.786. The van der Waals surface area contributed by atoms with Gasteiger partial charge in [0, 0.05) is 45.0 Å². The fraction of sp³-hybridized carbons (Fsp3) is 0.421. The molecule has 0 unspecified atom stereocenters. The van der Waals surface area contributed by atoms with Crippen molar-refractivity contribution in [2.45, 2.75) is 12.8 Å². The maximum absolute atomic E-state index is 12.6. The van der Waals surface area contributed by atoms with Gasteiger partial charge < -0.3 is 19.3 Å². The predicted molar refractivity (Wildman–Crippen MR) is 98.7 cm³/mol. The Hall–Kier alpha value is -2.83. The van der Waals surface area contributed by atoms with Gasteiger partial charge in [-0.2, -0.15) is 0 Å². The van der Waals surface area contributed by atoms with Crippen molar-refractivity contribution in [3.63, 3.8) is 0 Å². The van der Waals surface area contributed by atoms with Gasteiger partial charge in [-0.1, -0.05) is 12.1 Å². The first-order valence-corrected chi connectivity index (χ1v) is 8.71. The van der Waals surface area contributed by atoms with E-state index in [9.17, 15) is 4.79 Å². The van der Waals surface area contributed by atoms with Crippen molar-refractivity contribution < 1.29 is 14.3 Å². The van der Waals surface area contributed by atoms with E-state index in [1.165, 1.54) is 0 Å². The van der Waals surface area contributed by atoms with E-state index in [-0.39, 0.29) is 5.91 Å². The van der Waals surface area contributed by atoms with E-state index in [1.807, 2.05) is 23.1 Å². The molecule has 2 aromatic rings. The van der Waals surface area contributed by atoms with E-state index in [2.05, 4.69) is 14.9 Å². The molecule has 26 heavy (non-hydrogen) atoms. The summed E-state index contributed by atoms with van der Waals surface area (Å²) >= 11 is 0. The van der Waals surface area contributed by atoms with E-state index in [4.69, 9.17) is 9.47 Å². The zero-order valence-corrected chi connectivity index (χ0v) is 15.2. The molecule has 3 rings (SSSR count). The van der Waals surface area contributed by atoms with Crippen LogP contribution in [0.3, 0.4) is 0 Å². The SMILES string of the molecule is COc1cccc(CCC(=O)N2CCN(c3cnccn3)CC2)c1OC. The van der Waals surface area contributed by atoms with Crippen LogP contribution in [-0.4, -0.2) is 61.2 Å². The van der Waals surface area contributed by atoms with Crippen molar-refractivity contribution in [3.8, 4) is 11.5 Å². The van der Waals surface area contributed by atoms with Gasteiger partial charge in [-0.15, -0.1) is 0 Å². The number of nitrogens with zero attached hydrogens (tertiary/aromatic N) is 4. The number of carbonyl (C=O) groups excluding carboxylic acids is 1. The summed E-state index contributed by atoms with van der Waals surface area (Å²) in [5.74, 6) is 2.42. The molecule has 1 amide bonds. The predicted octanol–water partition coefficient (Wildman–Crippen LogP) is 1.78. The molecule has 1 saturated heterocycles. The van der Waals surface area contributed by atoms with Crippen LogP contribution in [0.15, 0.2) is 36.8 Å². The average molecular weight is 356 g/mol. The molecule has 0 aliphatic carbocycles. The van der Waals surface area contributed by atoms with Crippen molar-refractivity contribution >= 4 is 11.7 Å². The summed E-state index contributed by atoms with van der Waals surface area (Å²) in [6, 6.07) is 5.75. The third kappa shape index (κ3) is 4.04. The Labute approximate surface area is 153 Å². The van der Waals surface area contributed by atoms with Crippen LogP contribution < -0.4 is 14.4 Å². The number of piperazine rings is 1. The molecular formula is C19H24N4O3. The second-order valence-corrected chi connectivity index (χ2v) is 6.08. The minimum atomic E-state index is 0.161. The van der Waals surface area contributed by atoms with Crippen molar-refractivity contribution in [2.24, 2.45) is 0 Å². The number of benzene rings is 1. The Bertz CT molecular complexity index is 731. The normalized spacial score (nSPS) is 14.2. The number of hydrogen-bond acceptors (Lipinski definition) is 6. The van der Waals surface area contributed by atoms with Gasteiger partial charge in [-0.05, 0) is 18.1 Å². The standard InChI is InChI=1S/C19H24N4O3/c1-25-16-5-3-4-15(19(16)26-2)6-7-18(24)23-12-10-22(11-13-23)17-14-20-8-9-21-17/h3-5,8-9,14H,6-7,10-13H2,1-2H3. The lowest BCUT2D eigenvalue weighted by atomic mass is 10.1. The molecule has 138 valence electrons. The van der Waals surface area contributed by atoms with Crippen LogP contribution in [0, 0.1) is 0 Å². The first kappa shape index (κ1) is 18.0. The number of rotatable bonds is 6. The Morgan fingerprint density at radius 2 is 1.92 bits per heavy atom. The van der Waals surface area contributed by atoms with E-state index < -0.39 is 0 Å². The van der Waals surface area contributed by atoms with Crippen LogP contribution >= 0.6 is 0 Å². The van der Waals surface area contributed by atoms with Crippen molar-refractivity contribution in [1.29, 1.82) is 0 Å². The molecule has 1 aromatic carbocycles. The number of carbonyl (C=O) groups is 1. The lowest BCUT2D eigenvalue weighted by Gasteiger charge is -2.35. The molecule has 1 aromatic heterocycles. The van der Waals surface area contributed by atoms with E-state index in [0.29, 0.717) is 37.4 Å². The fourth-order valence-electron chi connectivity index (χ4n) is 3.19. The number of amides is 1. The highest BCUT2D eigenvalue weighted by molar-refractivity contribution is 5.77. The molecule has 0 radical (unpaired) electrons. The summed E-state index contributed by atoms with van der Waals surface area (Å²) in [4.78, 5) is 25.1. The molecule has 7 nitrogen and oxygen atoms in total. The minimum Gasteiger partial charge on any atom is -0.493 e. The summed E-state index contributed by atoms with van der Waals surface area (Å²) in [5, 5.41) is 0. The minimum absolute atomic E-state index is 0.161. The number of methoxy groups -OCH3 is 2. The van der Waals surface area contributed by atoms with Gasteiger partial charge in [0.25, 0.3) is 0 Å². The zero-order chi connectivity index (χ0) is 18.4. The molecule has 0 spiro atoms. The zero-order valence-electron chi connectivity index (χ0n) is 15.2. The third-order valence-electron chi connectivity index (χ3n) is 4.60. The van der Waals surface area contributed by atoms with Gasteiger partial charge in [-0.3, -0.25) is 9.78 Å². The number of anilines is 1. The van der Waals surface area contributed by atoms with Gasteiger partial charge in [-0.25, -0.2) is 4.98 Å². The van der Waals surface area contributed by atoms with Crippen LogP contribution in [-0.2, 0) is 11.2 Å². The lowest BCUT2D eigenvalue weighted by molar-refractivity contribution is -0.131. The topological polar surface area (TPSA) is 67.8 Å². The molecule has 0 bridgehead atoms. The van der Waals surface area contributed by atoms with E-state index in [1.54, 1.807) is 32.8 Å². The molecule has 7 heteroatoms. The summed E-state index contributed by atoms with van der Waals surface area (Å²) in [6.07, 6.45) is 6.19. The number of aryl methyl sites for hydroxylation is 1. The van der Waals surface area contributed by atoms with Crippen LogP contribution in [0.4, 0.5) is 5.82 Å². The van der Waals surface area contributed by atoms with Crippen molar-refractivity contribution in [2.75, 3.05) is 45.3 Å². The van der Waals surface area contributed by atoms with Gasteiger partial charge in [0.05, 0.1) is 20.4 Å². The monoisotopic (exact) mass is 356 g/mol. The van der Waals surface area contributed by atoms with Gasteiger partial charge in [0.15, 0.2) is 11.5 Å². The summed E-state index contributed by atoms with van der Waals surface area (Å²) in [7, 11) is 3.23. The summed E-state index contributed by atoms with van der Waals surface area (Å²) in [5.41, 5.74) is 0.985. The molecule has 0 atom stereocenters. The van der Waals surface area contributed by atoms with Gasteiger partial charge in [0.1, 0.15) is 5.82 Å². The second kappa shape index (κ2) is 8.51. The van der Waals surface area contributed by atoms with Crippen molar-refractivity contribution in [3.05, 3.63) is 42.4 Å². The Kier molecular flexibility index (Phi) is 5.88. The molecule has 0 N–H and O–H groups in total. The smallest absolute Gasteiger partial charge is 0.223 e. The average Bonchev–Trinajstić information content (AvgIpc) is 2.72. The highest BCUT2D eigenvalue weighted by atomic mass is 16.5. The first-order chi connectivity index (χ1) is 12.7. The second-order valence-electron chi connectivity index (χ2n) is 6.08. The Balaban J connectivity index is 1.54.